The molecule has 4 heteroatoms. The van der Waals surface area contributed by atoms with Crippen LogP contribution in [0.1, 0.15) is 19.3 Å². The predicted octanol–water partition coefficient (Wildman–Crippen LogP) is 0.778. The number of carboxylic acids is 1. The topological polar surface area (TPSA) is 54.4 Å². The van der Waals surface area contributed by atoms with Crippen LogP contribution in [0.3, 0.4) is 0 Å². The summed E-state index contributed by atoms with van der Waals surface area (Å²) in [6.07, 6.45) is -0.130. The summed E-state index contributed by atoms with van der Waals surface area (Å²) in [6, 6.07) is 0. The molecule has 0 atom stereocenters. The standard InChI is InChI=1S/C7H9FO3/c8-5-1-4(2-5)3-6(9)7(10)11/h4-5H,1-3H2,(H,10,11). The molecule has 0 aromatic rings. The molecule has 0 aromatic heterocycles. The first-order valence-electron chi connectivity index (χ1n) is 3.49. The van der Waals surface area contributed by atoms with Crippen LogP contribution in [0.15, 0.2) is 0 Å². The average Bonchev–Trinajstić information content (AvgIpc) is 1.84. The molecule has 0 spiro atoms. The minimum atomic E-state index is -1.41. The lowest BCUT2D eigenvalue weighted by molar-refractivity contribution is -0.150. The van der Waals surface area contributed by atoms with Crippen LogP contribution < -0.4 is 0 Å². The Morgan fingerprint density at radius 1 is 1.45 bits per heavy atom. The van der Waals surface area contributed by atoms with Crippen molar-refractivity contribution in [2.24, 2.45) is 5.92 Å². The van der Waals surface area contributed by atoms with E-state index in [4.69, 9.17) is 5.11 Å². The molecule has 1 rings (SSSR count). The van der Waals surface area contributed by atoms with Gasteiger partial charge in [0.15, 0.2) is 0 Å². The molecule has 1 aliphatic rings. The van der Waals surface area contributed by atoms with E-state index in [-0.39, 0.29) is 12.3 Å². The van der Waals surface area contributed by atoms with Crippen LogP contribution in [0.5, 0.6) is 0 Å². The van der Waals surface area contributed by atoms with Gasteiger partial charge in [-0.3, -0.25) is 4.79 Å². The molecule has 0 unspecified atom stereocenters. The summed E-state index contributed by atoms with van der Waals surface area (Å²) >= 11 is 0. The normalized spacial score (nSPS) is 29.2. The third kappa shape index (κ3) is 2.00. The first-order chi connectivity index (χ1) is 5.09. The summed E-state index contributed by atoms with van der Waals surface area (Å²) in [4.78, 5) is 20.5. The summed E-state index contributed by atoms with van der Waals surface area (Å²) in [7, 11) is 0. The molecule has 0 bridgehead atoms. The van der Waals surface area contributed by atoms with Gasteiger partial charge in [-0.05, 0) is 18.8 Å². The minimum absolute atomic E-state index is 0.00421. The van der Waals surface area contributed by atoms with Gasteiger partial charge < -0.3 is 5.11 Å². The zero-order chi connectivity index (χ0) is 8.43. The van der Waals surface area contributed by atoms with Gasteiger partial charge in [0.25, 0.3) is 0 Å². The Hall–Kier alpha value is -0.930. The Bertz CT molecular complexity index is 184. The van der Waals surface area contributed by atoms with Crippen LogP contribution in [-0.4, -0.2) is 23.0 Å². The van der Waals surface area contributed by atoms with Crippen molar-refractivity contribution in [3.8, 4) is 0 Å². The number of carbonyl (C=O) groups excluding carboxylic acids is 1. The van der Waals surface area contributed by atoms with Gasteiger partial charge in [-0.25, -0.2) is 9.18 Å². The lowest BCUT2D eigenvalue weighted by Gasteiger charge is -2.28. The first-order valence-corrected chi connectivity index (χ1v) is 3.49. The summed E-state index contributed by atoms with van der Waals surface area (Å²) in [5.41, 5.74) is 0. The molecule has 0 aliphatic heterocycles. The number of alkyl halides is 1. The Labute approximate surface area is 63.2 Å². The maximum Gasteiger partial charge on any atom is 0.372 e. The van der Waals surface area contributed by atoms with Crippen LogP contribution in [0, 0.1) is 5.92 Å². The van der Waals surface area contributed by atoms with Crippen molar-refractivity contribution in [3.63, 3.8) is 0 Å². The van der Waals surface area contributed by atoms with Crippen molar-refractivity contribution in [2.45, 2.75) is 25.4 Å². The van der Waals surface area contributed by atoms with Gasteiger partial charge in [-0.2, -0.15) is 0 Å². The van der Waals surface area contributed by atoms with Crippen molar-refractivity contribution in [1.82, 2.24) is 0 Å². The monoisotopic (exact) mass is 160 g/mol. The molecule has 0 radical (unpaired) electrons. The molecule has 3 nitrogen and oxygen atoms in total. The number of rotatable bonds is 3. The molecule has 1 fully saturated rings. The van der Waals surface area contributed by atoms with E-state index in [0.717, 1.165) is 0 Å². The van der Waals surface area contributed by atoms with Gasteiger partial charge in [-0.15, -0.1) is 0 Å². The fourth-order valence-corrected chi connectivity index (χ4v) is 1.17. The summed E-state index contributed by atoms with van der Waals surface area (Å²) in [5.74, 6) is -2.25. The summed E-state index contributed by atoms with van der Waals surface area (Å²) in [5, 5.41) is 8.17. The van der Waals surface area contributed by atoms with Crippen molar-refractivity contribution in [1.29, 1.82) is 0 Å². The Balaban J connectivity index is 2.22. The number of hydrogen-bond acceptors (Lipinski definition) is 2. The van der Waals surface area contributed by atoms with E-state index in [1.54, 1.807) is 0 Å². The highest BCUT2D eigenvalue weighted by Crippen LogP contribution is 2.32. The lowest BCUT2D eigenvalue weighted by atomic mass is 9.80. The maximum absolute atomic E-state index is 12.2. The molecule has 11 heavy (non-hydrogen) atoms. The van der Waals surface area contributed by atoms with Crippen molar-refractivity contribution in [3.05, 3.63) is 0 Å². The number of ketones is 1. The number of aliphatic carboxylic acids is 1. The molecule has 1 aliphatic carbocycles. The SMILES string of the molecule is O=C(O)C(=O)CC1CC(F)C1. The van der Waals surface area contributed by atoms with Gasteiger partial charge in [0.2, 0.25) is 5.78 Å². The number of carbonyl (C=O) groups is 2. The van der Waals surface area contributed by atoms with Gasteiger partial charge in [0, 0.05) is 6.42 Å². The molecule has 0 amide bonds. The smallest absolute Gasteiger partial charge is 0.372 e. The lowest BCUT2D eigenvalue weighted by Crippen LogP contribution is -2.29. The van der Waals surface area contributed by atoms with Crippen LogP contribution >= 0.6 is 0 Å². The Kier molecular flexibility index (Phi) is 2.22. The number of hydrogen-bond donors (Lipinski definition) is 1. The molecule has 0 aromatic carbocycles. The van der Waals surface area contributed by atoms with E-state index in [1.807, 2.05) is 0 Å². The van der Waals surface area contributed by atoms with Crippen molar-refractivity contribution >= 4 is 11.8 Å². The Morgan fingerprint density at radius 3 is 2.36 bits per heavy atom. The molecule has 1 saturated carbocycles. The number of halogens is 1. The Morgan fingerprint density at radius 2 is 2.00 bits per heavy atom. The predicted molar refractivity (Wildman–Crippen MR) is 34.9 cm³/mol. The zero-order valence-corrected chi connectivity index (χ0v) is 5.92. The van der Waals surface area contributed by atoms with Crippen LogP contribution in [0.4, 0.5) is 4.39 Å². The first kappa shape index (κ1) is 8.17. The highest BCUT2D eigenvalue weighted by atomic mass is 19.1. The molecular weight excluding hydrogens is 151 g/mol. The molecule has 1 N–H and O–H groups in total. The second-order valence-corrected chi connectivity index (χ2v) is 2.87. The zero-order valence-electron chi connectivity index (χ0n) is 5.92. The third-order valence-corrected chi connectivity index (χ3v) is 1.89. The molecule has 0 saturated heterocycles. The molecular formula is C7H9FO3. The second-order valence-electron chi connectivity index (χ2n) is 2.87. The molecule has 0 heterocycles. The van der Waals surface area contributed by atoms with Crippen molar-refractivity contribution < 1.29 is 19.1 Å². The number of carboxylic acid groups (broad SMARTS) is 1. The largest absolute Gasteiger partial charge is 0.476 e. The highest BCUT2D eigenvalue weighted by Gasteiger charge is 2.31. The van der Waals surface area contributed by atoms with Gasteiger partial charge in [-0.1, -0.05) is 0 Å². The fourth-order valence-electron chi connectivity index (χ4n) is 1.17. The van der Waals surface area contributed by atoms with E-state index < -0.39 is 17.9 Å². The minimum Gasteiger partial charge on any atom is -0.476 e. The van der Waals surface area contributed by atoms with Gasteiger partial charge >= 0.3 is 5.97 Å². The fraction of sp³-hybridized carbons (Fsp3) is 0.714. The van der Waals surface area contributed by atoms with Crippen LogP contribution in [0.2, 0.25) is 0 Å². The molecule has 62 valence electrons. The van der Waals surface area contributed by atoms with Crippen LogP contribution in [-0.2, 0) is 9.59 Å². The number of Topliss-reactive ketones (excluding diaryl/α,β-unsaturated/α-hetero) is 1. The van der Waals surface area contributed by atoms with E-state index in [2.05, 4.69) is 0 Å². The van der Waals surface area contributed by atoms with Gasteiger partial charge in [0.05, 0.1) is 0 Å². The van der Waals surface area contributed by atoms with E-state index in [9.17, 15) is 14.0 Å². The maximum atomic E-state index is 12.2. The summed E-state index contributed by atoms with van der Waals surface area (Å²) < 4.78 is 12.2. The van der Waals surface area contributed by atoms with Gasteiger partial charge in [0.1, 0.15) is 6.17 Å². The quantitative estimate of drug-likeness (QED) is 0.620. The van der Waals surface area contributed by atoms with E-state index >= 15 is 0 Å². The van der Waals surface area contributed by atoms with E-state index in [1.165, 1.54) is 0 Å². The van der Waals surface area contributed by atoms with Crippen molar-refractivity contribution in [2.75, 3.05) is 0 Å². The van der Waals surface area contributed by atoms with Crippen LogP contribution in [0.25, 0.3) is 0 Å². The third-order valence-electron chi connectivity index (χ3n) is 1.89. The summed E-state index contributed by atoms with van der Waals surface area (Å²) in [6.45, 7) is 0. The highest BCUT2D eigenvalue weighted by molar-refractivity contribution is 6.32. The van der Waals surface area contributed by atoms with E-state index in [0.29, 0.717) is 12.8 Å². The second kappa shape index (κ2) is 2.98. The average molecular weight is 160 g/mol.